The second kappa shape index (κ2) is 14.9. The van der Waals surface area contributed by atoms with E-state index in [9.17, 15) is 24.6 Å². The molecule has 10 nitrogen and oxygen atoms in total. The van der Waals surface area contributed by atoms with Crippen molar-refractivity contribution in [3.8, 4) is 5.75 Å². The van der Waals surface area contributed by atoms with Crippen molar-refractivity contribution >= 4 is 35.1 Å². The van der Waals surface area contributed by atoms with E-state index in [0.717, 1.165) is 43.2 Å². The van der Waals surface area contributed by atoms with Crippen LogP contribution in [0.1, 0.15) is 55.2 Å². The lowest BCUT2D eigenvalue weighted by atomic mass is 9.70. The summed E-state index contributed by atoms with van der Waals surface area (Å²) in [5, 5.41) is 21.9. The SMILES string of the molecule is COC(=O)[C@@]1(O)CC(=O)N(C)CC/C=C/[C@H](OCC(=O)O)[C@@H]2CC[C@H]2CN2CCCCc3cc(Cl)ccc3COc3ccc1cc32. The van der Waals surface area contributed by atoms with Crippen molar-refractivity contribution < 1.29 is 38.8 Å². The van der Waals surface area contributed by atoms with Crippen LogP contribution in [0.15, 0.2) is 48.6 Å². The summed E-state index contributed by atoms with van der Waals surface area (Å²) in [6.45, 7) is 1.57. The van der Waals surface area contributed by atoms with Gasteiger partial charge in [-0.2, -0.15) is 0 Å². The van der Waals surface area contributed by atoms with Gasteiger partial charge in [0.25, 0.3) is 0 Å². The molecule has 3 aliphatic rings. The second-order valence-electron chi connectivity index (χ2n) is 12.5. The molecule has 2 bridgehead atoms. The Labute approximate surface area is 274 Å². The van der Waals surface area contributed by atoms with Gasteiger partial charge in [0.15, 0.2) is 5.60 Å². The molecule has 0 unspecified atom stereocenters. The monoisotopic (exact) mass is 654 g/mol. The molecule has 1 saturated carbocycles. The molecule has 2 heterocycles. The van der Waals surface area contributed by atoms with Crippen molar-refractivity contribution in [3.05, 3.63) is 70.3 Å². The number of aliphatic hydroxyl groups is 1. The highest BCUT2D eigenvalue weighted by Gasteiger charge is 2.43. The van der Waals surface area contributed by atoms with Gasteiger partial charge in [0.1, 0.15) is 19.0 Å². The summed E-state index contributed by atoms with van der Waals surface area (Å²) in [7, 11) is 2.82. The lowest BCUT2D eigenvalue weighted by molar-refractivity contribution is -0.168. The number of halogens is 1. The molecule has 1 amide bonds. The third-order valence-electron chi connectivity index (χ3n) is 9.52. The average molecular weight is 655 g/mol. The van der Waals surface area contributed by atoms with Crippen molar-refractivity contribution in [2.45, 2.75) is 63.3 Å². The minimum Gasteiger partial charge on any atom is -0.487 e. The van der Waals surface area contributed by atoms with Crippen LogP contribution < -0.4 is 9.64 Å². The summed E-state index contributed by atoms with van der Waals surface area (Å²) < 4.78 is 17.4. The molecule has 4 atom stereocenters. The summed E-state index contributed by atoms with van der Waals surface area (Å²) in [5.74, 6) is -1.47. The number of hydrogen-bond donors (Lipinski definition) is 2. The highest BCUT2D eigenvalue weighted by Crippen LogP contribution is 2.43. The van der Waals surface area contributed by atoms with Crippen LogP contribution in [-0.4, -0.2) is 79.5 Å². The third-order valence-corrected chi connectivity index (χ3v) is 9.75. The van der Waals surface area contributed by atoms with Crippen LogP contribution >= 0.6 is 11.6 Å². The normalized spacial score (nSPS) is 26.3. The van der Waals surface area contributed by atoms with Gasteiger partial charge in [0.2, 0.25) is 5.91 Å². The Balaban J connectivity index is 1.58. The molecule has 5 rings (SSSR count). The maximum absolute atomic E-state index is 13.3. The van der Waals surface area contributed by atoms with Crippen LogP contribution in [0.5, 0.6) is 5.75 Å². The Morgan fingerprint density at radius 1 is 1.11 bits per heavy atom. The fourth-order valence-electron chi connectivity index (χ4n) is 6.66. The van der Waals surface area contributed by atoms with Crippen LogP contribution in [0, 0.1) is 11.8 Å². The molecule has 0 saturated heterocycles. The number of carbonyl (C=O) groups excluding carboxylic acids is 2. The molecule has 248 valence electrons. The summed E-state index contributed by atoms with van der Waals surface area (Å²) in [6.07, 6.45) is 7.91. The predicted molar refractivity (Wildman–Crippen MR) is 173 cm³/mol. The number of benzene rings is 2. The number of fused-ring (bicyclic) bond motifs is 3. The summed E-state index contributed by atoms with van der Waals surface area (Å²) in [5.41, 5.74) is 0.908. The lowest BCUT2D eigenvalue weighted by Crippen LogP contribution is -2.45. The lowest BCUT2D eigenvalue weighted by Gasteiger charge is -2.44. The zero-order chi connectivity index (χ0) is 32.8. The number of carboxylic acids is 1. The molecule has 1 aliphatic carbocycles. The number of ether oxygens (including phenoxy) is 3. The third kappa shape index (κ3) is 7.67. The topological polar surface area (TPSA) is 126 Å². The molecule has 2 aromatic rings. The van der Waals surface area contributed by atoms with Gasteiger partial charge in [-0.3, -0.25) is 4.79 Å². The Kier molecular flexibility index (Phi) is 10.9. The van der Waals surface area contributed by atoms with Gasteiger partial charge in [-0.15, -0.1) is 0 Å². The van der Waals surface area contributed by atoms with Crippen molar-refractivity contribution in [1.82, 2.24) is 4.90 Å². The summed E-state index contributed by atoms with van der Waals surface area (Å²) in [4.78, 5) is 41.6. The number of carboxylic acid groups (broad SMARTS) is 1. The smallest absolute Gasteiger partial charge is 0.343 e. The van der Waals surface area contributed by atoms with E-state index in [2.05, 4.69) is 4.90 Å². The number of rotatable bonds is 4. The molecule has 2 aromatic carbocycles. The Hall–Kier alpha value is -3.60. The number of aliphatic carboxylic acids is 1. The van der Waals surface area contributed by atoms with Crippen molar-refractivity contribution in [2.24, 2.45) is 11.8 Å². The molecule has 0 aromatic heterocycles. The van der Waals surface area contributed by atoms with E-state index < -0.39 is 36.5 Å². The average Bonchev–Trinajstić information content (AvgIpc) is 3.05. The first-order valence-corrected chi connectivity index (χ1v) is 16.3. The van der Waals surface area contributed by atoms with Gasteiger partial charge in [-0.1, -0.05) is 35.9 Å². The maximum Gasteiger partial charge on any atom is 0.343 e. The molecule has 2 N–H and O–H groups in total. The van der Waals surface area contributed by atoms with Gasteiger partial charge in [-0.05, 0) is 91.3 Å². The maximum atomic E-state index is 13.3. The molecule has 0 spiro atoms. The van der Waals surface area contributed by atoms with E-state index in [1.54, 1.807) is 25.2 Å². The minimum atomic E-state index is -2.21. The van der Waals surface area contributed by atoms with Gasteiger partial charge < -0.3 is 34.2 Å². The van der Waals surface area contributed by atoms with Crippen LogP contribution in [0.3, 0.4) is 0 Å². The quantitative estimate of drug-likeness (QED) is 0.356. The van der Waals surface area contributed by atoms with Crippen LogP contribution in [-0.2, 0) is 42.5 Å². The van der Waals surface area contributed by atoms with Crippen LogP contribution in [0.25, 0.3) is 0 Å². The van der Waals surface area contributed by atoms with Crippen LogP contribution in [0.2, 0.25) is 5.02 Å². The van der Waals surface area contributed by atoms with Gasteiger partial charge >= 0.3 is 11.9 Å². The van der Waals surface area contributed by atoms with E-state index in [1.165, 1.54) is 12.0 Å². The zero-order valence-corrected chi connectivity index (χ0v) is 27.2. The first kappa shape index (κ1) is 33.8. The molecule has 46 heavy (non-hydrogen) atoms. The molecular formula is C35H43ClN2O8. The van der Waals surface area contributed by atoms with Gasteiger partial charge in [-0.25, -0.2) is 9.59 Å². The fraction of sp³-hybridized carbons (Fsp3) is 0.514. The Bertz CT molecular complexity index is 1460. The fourth-order valence-corrected chi connectivity index (χ4v) is 6.85. The van der Waals surface area contributed by atoms with E-state index in [4.69, 9.17) is 25.8 Å². The van der Waals surface area contributed by atoms with E-state index in [-0.39, 0.29) is 23.5 Å². The Morgan fingerprint density at radius 3 is 2.67 bits per heavy atom. The van der Waals surface area contributed by atoms with Crippen molar-refractivity contribution in [3.63, 3.8) is 0 Å². The summed E-state index contributed by atoms with van der Waals surface area (Å²) in [6, 6.07) is 10.9. The van der Waals surface area contributed by atoms with Crippen molar-refractivity contribution in [1.29, 1.82) is 0 Å². The van der Waals surface area contributed by atoms with Crippen molar-refractivity contribution in [2.75, 3.05) is 45.3 Å². The highest BCUT2D eigenvalue weighted by molar-refractivity contribution is 6.30. The number of esters is 1. The Morgan fingerprint density at radius 2 is 1.93 bits per heavy atom. The molecular weight excluding hydrogens is 612 g/mol. The zero-order valence-electron chi connectivity index (χ0n) is 26.5. The number of methoxy groups -OCH3 is 1. The summed E-state index contributed by atoms with van der Waals surface area (Å²) >= 11 is 6.33. The number of anilines is 1. The molecule has 1 fully saturated rings. The second-order valence-corrected chi connectivity index (χ2v) is 13.0. The minimum absolute atomic E-state index is 0.104. The number of aryl methyl sites for hydroxylation is 1. The highest BCUT2D eigenvalue weighted by atomic mass is 35.5. The van der Waals surface area contributed by atoms with E-state index >= 15 is 0 Å². The van der Waals surface area contributed by atoms with Gasteiger partial charge in [0.05, 0.1) is 25.3 Å². The number of hydrogen-bond acceptors (Lipinski definition) is 8. The molecule has 2 aliphatic heterocycles. The van der Waals surface area contributed by atoms with Gasteiger partial charge in [0, 0.05) is 31.7 Å². The predicted octanol–water partition coefficient (Wildman–Crippen LogP) is 4.73. The first-order chi connectivity index (χ1) is 22.1. The van der Waals surface area contributed by atoms with E-state index in [1.807, 2.05) is 30.4 Å². The van der Waals surface area contributed by atoms with Crippen LogP contribution in [0.4, 0.5) is 5.69 Å². The van der Waals surface area contributed by atoms with E-state index in [0.29, 0.717) is 49.1 Å². The first-order valence-electron chi connectivity index (χ1n) is 15.9. The number of amides is 1. The number of carbonyl (C=O) groups is 3. The standard InChI is InChI=1S/C35H43ClN2O8/c1-37-15-5-4-8-30(46-22-33(40)41)28-13-10-24(28)20-38-16-6-3-7-23-17-27(36)12-9-25(23)21-45-31-14-11-26(18-29(31)38)35(43,19-32(37)39)34(42)44-2/h4,8-9,11-12,14,17-18,24,28,30,43H,3,5-7,10,13,15-16,19-22H2,1-2H3,(H,40,41)/b8-4+/t24-,28+,30-,35+/m0/s1. The number of nitrogens with zero attached hydrogens (tertiary/aromatic N) is 2. The molecule has 11 heteroatoms. The largest absolute Gasteiger partial charge is 0.487 e. The molecule has 0 radical (unpaired) electrons.